The Morgan fingerprint density at radius 3 is 0.833 bits per heavy atom. The first-order valence-electron chi connectivity index (χ1n) is 28.0. The highest BCUT2D eigenvalue weighted by Crippen LogP contribution is 2.82. The zero-order valence-electron chi connectivity index (χ0n) is 46.8. The molecule has 16 atom stereocenters. The minimum atomic E-state index is -1.20. The van der Waals surface area contributed by atoms with Crippen LogP contribution in [-0.4, -0.2) is 186 Å². The first-order chi connectivity index (χ1) is 33.2. The molecule has 0 aliphatic carbocycles. The van der Waals surface area contributed by atoms with Crippen LogP contribution >= 0.6 is 167 Å². The Balaban J connectivity index is 0.000000188. The Labute approximate surface area is 511 Å². The van der Waals surface area contributed by atoms with Crippen molar-refractivity contribution in [2.45, 2.75) is 174 Å². The zero-order valence-corrected chi connectivity index (χ0v) is 65.8. The smallest absolute Gasteiger partial charge is 0.106 e. The minimum Gasteiger partial charge on any atom is -0.106 e. The summed E-state index contributed by atoms with van der Waals surface area (Å²) in [5, 5.41) is 0. The van der Waals surface area contributed by atoms with Gasteiger partial charge in [0.05, 0.1) is 102 Å². The van der Waals surface area contributed by atoms with Crippen molar-refractivity contribution in [1.29, 1.82) is 0 Å². The molecular formula is C50H107Cl3P11S8+5. The standard InChI is InChI=1S/2C10H22P2S2.C10H21P2S2.C10H20P2.2C5H11PS.Cl3P/c3*1-11(13)7-3-5-9(11)10-6-4-8-12(10,2)14;1-11-7-3-5-9(11)10-6-4-8-12(10)2;2*1-6(7)4-2-3-5-6;1-4(2)3/h2*9-10,13-14H,3-8H2,1-2H3;9-10,13H,3-8H2,1-2H3;9-10H,3-8H2,1-2H3;2*2-5H2,1H3;/q2*+2;+1;;;;/t2*9-,10-,11?,12?;9-,10+,11?,12+;9-,10-,11+,12+;;;/m1111.../s1. The van der Waals surface area contributed by atoms with Crippen LogP contribution in [0.5, 0.6) is 0 Å². The minimum absolute atomic E-state index is 0.450. The third kappa shape index (κ3) is 23.6. The van der Waals surface area contributed by atoms with Gasteiger partial charge in [-0.25, -0.2) is 0 Å². The second-order valence-corrected chi connectivity index (χ2v) is 85.2. The van der Waals surface area contributed by atoms with Crippen LogP contribution < -0.4 is 0 Å². The van der Waals surface area contributed by atoms with E-state index in [2.05, 4.69) is 66.6 Å². The third-order valence-electron chi connectivity index (χ3n) is 18.9. The van der Waals surface area contributed by atoms with Gasteiger partial charge in [0.25, 0.3) is 0 Å². The molecule has 10 fully saturated rings. The number of hydrogen-bond acceptors (Lipinski definition) is 8. The molecule has 10 aliphatic heterocycles. The van der Waals surface area contributed by atoms with Crippen LogP contribution in [0, 0.1) is 0 Å². The third-order valence-corrected chi connectivity index (χ3v) is 61.0. The van der Waals surface area contributed by atoms with E-state index in [1.54, 1.807) is 38.0 Å². The second-order valence-electron chi connectivity index (χ2n) is 25.3. The summed E-state index contributed by atoms with van der Waals surface area (Å²) in [4.78, 5) is 0. The van der Waals surface area contributed by atoms with Crippen molar-refractivity contribution in [3.8, 4) is 0 Å². The summed E-state index contributed by atoms with van der Waals surface area (Å²) in [5.74, 6) is -1.20. The van der Waals surface area contributed by atoms with E-state index < -0.39 is 56.4 Å². The maximum Gasteiger partial charge on any atom is 0.179 e. The van der Waals surface area contributed by atoms with Crippen LogP contribution in [0.25, 0.3) is 0 Å². The van der Waals surface area contributed by atoms with E-state index in [0.717, 1.165) is 34.0 Å². The van der Waals surface area contributed by atoms with Gasteiger partial charge < -0.3 is 0 Å². The molecule has 5 unspecified atom stereocenters. The molecule has 426 valence electrons. The average Bonchev–Trinajstić information content (AvgIpc) is 4.11. The van der Waals surface area contributed by atoms with Gasteiger partial charge in [-0.3, -0.25) is 0 Å². The zero-order chi connectivity index (χ0) is 54.0. The summed E-state index contributed by atoms with van der Waals surface area (Å²) in [6.07, 6.45) is 46.3. The monoisotopic (exact) mass is 1410 g/mol. The van der Waals surface area contributed by atoms with E-state index in [0.29, 0.717) is 15.8 Å². The Hall–Kier alpha value is 8.01. The van der Waals surface area contributed by atoms with Crippen LogP contribution in [0.2, 0.25) is 0 Å². The highest BCUT2D eigenvalue weighted by Gasteiger charge is 2.59. The maximum atomic E-state index is 5.86. The lowest BCUT2D eigenvalue weighted by atomic mass is 10.1. The molecule has 10 rings (SSSR count). The second kappa shape index (κ2) is 32.8. The normalized spacial score (nSPS) is 45.5. The molecule has 10 heterocycles. The van der Waals surface area contributed by atoms with Gasteiger partial charge in [0.2, 0.25) is 0 Å². The van der Waals surface area contributed by atoms with Gasteiger partial charge >= 0.3 is 0 Å². The average molecular weight is 1410 g/mol. The fraction of sp³-hybridized carbons (Fsp3) is 1.00. The molecule has 10 saturated heterocycles. The summed E-state index contributed by atoms with van der Waals surface area (Å²) >= 11 is 56.1. The van der Waals surface area contributed by atoms with Crippen molar-refractivity contribution in [3.63, 3.8) is 0 Å². The van der Waals surface area contributed by atoms with Crippen molar-refractivity contribution in [2.24, 2.45) is 0 Å². The van der Waals surface area contributed by atoms with Crippen LogP contribution in [-0.2, 0) is 35.4 Å². The van der Waals surface area contributed by atoms with Crippen molar-refractivity contribution in [1.82, 2.24) is 0 Å². The molecule has 72 heavy (non-hydrogen) atoms. The highest BCUT2D eigenvalue weighted by molar-refractivity contribution is 8.55. The van der Waals surface area contributed by atoms with Crippen molar-refractivity contribution >= 4 is 203 Å². The van der Waals surface area contributed by atoms with Crippen LogP contribution in [0.1, 0.15) is 128 Å². The number of rotatable bonds is 4. The molecular weight excluding hydrogens is 1300 g/mol. The molecule has 0 bridgehead atoms. The van der Waals surface area contributed by atoms with E-state index in [1.165, 1.54) is 176 Å². The molecule has 0 radical (unpaired) electrons. The molecule has 0 saturated carbocycles. The molecule has 0 spiro atoms. The first kappa shape index (κ1) is 72.5. The Morgan fingerprint density at radius 1 is 0.403 bits per heavy atom. The SMILES string of the molecule is CP1(=S)CCCC1.CP1(=S)CCCC1.C[P+]1(S)CCC[C@@H]1[C@H]1CCC[P+]1(C)S.C[P+]1(S)CCC[C@@H]1[C@H]1CCC[P+]1(C)S.C[P@@]1CCC[C@@H]1[C@H]1CCC[P@]1C.C[P@]1(=S)CCC[C@H]1[C@H]1CCC[P+]1(C)S.ClP(Cl)Cl. The predicted octanol–water partition coefficient (Wildman–Crippen LogP) is 22.7. The topological polar surface area (TPSA) is 0 Å². The number of hydrogen-bond donors (Lipinski definition) is 5. The van der Waals surface area contributed by atoms with Gasteiger partial charge in [-0.1, -0.05) is 69.1 Å². The van der Waals surface area contributed by atoms with Crippen molar-refractivity contribution in [3.05, 3.63) is 0 Å². The van der Waals surface area contributed by atoms with E-state index in [4.69, 9.17) is 130 Å². The van der Waals surface area contributed by atoms with Crippen LogP contribution in [0.3, 0.4) is 0 Å². The van der Waals surface area contributed by atoms with Gasteiger partial charge in [-0.05, 0) is 234 Å². The highest BCUT2D eigenvalue weighted by atomic mass is 36.0. The molecule has 10 aliphatic rings. The van der Waals surface area contributed by atoms with Crippen molar-refractivity contribution < 1.29 is 0 Å². The summed E-state index contributed by atoms with van der Waals surface area (Å²) in [7, 11) is 0.900. The lowest BCUT2D eigenvalue weighted by Gasteiger charge is -2.29. The van der Waals surface area contributed by atoms with Gasteiger partial charge in [-0.2, -0.15) is 0 Å². The summed E-state index contributed by atoms with van der Waals surface area (Å²) < 4.78 is 0. The fourth-order valence-electron chi connectivity index (χ4n) is 14.6. The molecule has 0 N–H and O–H groups in total. The van der Waals surface area contributed by atoms with Crippen LogP contribution in [0.4, 0.5) is 0 Å². The molecule has 0 aromatic carbocycles. The quantitative estimate of drug-likeness (QED) is 0.141. The number of thiol groups is 5. The predicted molar refractivity (Wildman–Crippen MR) is 401 cm³/mol. The van der Waals surface area contributed by atoms with E-state index in [9.17, 15) is 0 Å². The summed E-state index contributed by atoms with van der Waals surface area (Å²) in [6, 6.07) is -2.39. The number of halogens is 3. The van der Waals surface area contributed by atoms with Gasteiger partial charge in [0, 0.05) is 66.9 Å². The largest absolute Gasteiger partial charge is 0.179 e. The maximum absolute atomic E-state index is 5.86. The Kier molecular flexibility index (Phi) is 33.1. The van der Waals surface area contributed by atoms with E-state index >= 15 is 0 Å². The van der Waals surface area contributed by atoms with Crippen LogP contribution in [0.15, 0.2) is 0 Å². The van der Waals surface area contributed by atoms with Gasteiger partial charge in [0.1, 0.15) is 22.6 Å². The van der Waals surface area contributed by atoms with Gasteiger partial charge in [0.15, 0.2) is 5.98 Å². The lowest BCUT2D eigenvalue weighted by Crippen LogP contribution is -2.22. The van der Waals surface area contributed by atoms with Crippen molar-refractivity contribution in [2.75, 3.05) is 141 Å². The molecule has 0 aromatic heterocycles. The molecule has 0 nitrogen and oxygen atoms in total. The molecule has 0 amide bonds. The van der Waals surface area contributed by atoms with E-state index in [1.807, 2.05) is 0 Å². The molecule has 0 aromatic rings. The Bertz CT molecular complexity index is 1630. The summed E-state index contributed by atoms with van der Waals surface area (Å²) in [5.41, 5.74) is 8.08. The van der Waals surface area contributed by atoms with Gasteiger partial charge in [-0.15, -0.1) is 15.8 Å². The fourth-order valence-corrected chi connectivity index (χ4v) is 57.5. The molecule has 22 heteroatoms. The summed E-state index contributed by atoms with van der Waals surface area (Å²) in [6.45, 7) is 20.0. The Morgan fingerprint density at radius 2 is 0.667 bits per heavy atom. The lowest BCUT2D eigenvalue weighted by molar-refractivity contribution is 0.695. The van der Waals surface area contributed by atoms with E-state index in [-0.39, 0.29) is 0 Å². The first-order valence-corrected chi connectivity index (χ1v) is 65.1.